The molecule has 0 aromatic heterocycles. The van der Waals surface area contributed by atoms with Gasteiger partial charge in [0.15, 0.2) is 0 Å². The van der Waals surface area contributed by atoms with Crippen molar-refractivity contribution < 1.29 is 24.2 Å². The molecule has 2 N–H and O–H groups in total. The maximum atomic E-state index is 12.0. The molecule has 2 amide bonds. The fourth-order valence-corrected chi connectivity index (χ4v) is 3.07. The van der Waals surface area contributed by atoms with Crippen molar-refractivity contribution in [1.82, 2.24) is 5.43 Å². The lowest BCUT2D eigenvalue weighted by Crippen LogP contribution is -2.24. The number of nitrogens with one attached hydrogen (secondary N) is 2. The van der Waals surface area contributed by atoms with Gasteiger partial charge in [0.25, 0.3) is 5.69 Å². The van der Waals surface area contributed by atoms with Crippen LogP contribution in [-0.4, -0.2) is 27.9 Å². The van der Waals surface area contributed by atoms with Gasteiger partial charge in [-0.2, -0.15) is 5.10 Å². The summed E-state index contributed by atoms with van der Waals surface area (Å²) < 4.78 is 5.51. The molecule has 14 heteroatoms. The van der Waals surface area contributed by atoms with Gasteiger partial charge >= 0.3 is 5.69 Å². The van der Waals surface area contributed by atoms with Gasteiger partial charge in [-0.05, 0) is 42.0 Å². The first-order valence-electron chi connectivity index (χ1n) is 9.90. The molecule has 0 fully saturated rings. The molecule has 36 heavy (non-hydrogen) atoms. The molecule has 0 spiro atoms. The summed E-state index contributed by atoms with van der Waals surface area (Å²) in [6.07, 6.45) is 0.760. The van der Waals surface area contributed by atoms with Crippen LogP contribution in [0.2, 0.25) is 10.0 Å². The van der Waals surface area contributed by atoms with Gasteiger partial charge < -0.3 is 10.1 Å². The van der Waals surface area contributed by atoms with E-state index < -0.39 is 39.5 Å². The standard InChI is InChI=1S/C22H15Cl2N5O7/c23-17-6-4-14(9-18(17)24)26-21(30)11-22(31)27-25-12-13-2-1-3-16(8-13)36-20-7-5-15(28(32)33)10-19(20)29(34)35/h1-10,12H,11H2,(H,26,30)(H,27,31). The predicted octanol–water partition coefficient (Wildman–Crippen LogP) is 5.08. The summed E-state index contributed by atoms with van der Waals surface area (Å²) in [7, 11) is 0. The van der Waals surface area contributed by atoms with Crippen molar-refractivity contribution in [1.29, 1.82) is 0 Å². The third kappa shape index (κ3) is 7.22. The molecule has 0 saturated carbocycles. The Morgan fingerprint density at radius 3 is 2.42 bits per heavy atom. The molecule has 0 aliphatic heterocycles. The van der Waals surface area contributed by atoms with Crippen LogP contribution in [0.1, 0.15) is 12.0 Å². The molecular formula is C22H15Cl2N5O7. The van der Waals surface area contributed by atoms with Crippen molar-refractivity contribution in [3.63, 3.8) is 0 Å². The second kappa shape index (κ2) is 11.7. The van der Waals surface area contributed by atoms with E-state index in [2.05, 4.69) is 15.8 Å². The summed E-state index contributed by atoms with van der Waals surface area (Å²) in [4.78, 5) is 44.6. The smallest absolute Gasteiger partial charge is 0.318 e. The van der Waals surface area contributed by atoms with Crippen LogP contribution in [0.5, 0.6) is 11.5 Å². The average Bonchev–Trinajstić information content (AvgIpc) is 2.81. The third-order valence-corrected chi connectivity index (χ3v) is 5.10. The Bertz CT molecular complexity index is 1380. The molecule has 0 aliphatic carbocycles. The number of ether oxygens (including phenoxy) is 1. The van der Waals surface area contributed by atoms with E-state index in [4.69, 9.17) is 27.9 Å². The number of halogens is 2. The van der Waals surface area contributed by atoms with Crippen LogP contribution >= 0.6 is 23.2 Å². The van der Waals surface area contributed by atoms with Gasteiger partial charge in [0.1, 0.15) is 12.2 Å². The summed E-state index contributed by atoms with van der Waals surface area (Å²) in [6.45, 7) is 0. The van der Waals surface area contributed by atoms with E-state index in [9.17, 15) is 29.8 Å². The summed E-state index contributed by atoms with van der Waals surface area (Å²) in [5.74, 6) is -1.29. The molecule has 0 unspecified atom stereocenters. The van der Waals surface area contributed by atoms with Crippen LogP contribution in [0.4, 0.5) is 17.1 Å². The first kappa shape index (κ1) is 26.1. The lowest BCUT2D eigenvalue weighted by molar-refractivity contribution is -0.394. The number of hydrogen-bond acceptors (Lipinski definition) is 8. The van der Waals surface area contributed by atoms with Gasteiger partial charge in [-0.3, -0.25) is 29.8 Å². The molecule has 3 aromatic rings. The highest BCUT2D eigenvalue weighted by Gasteiger charge is 2.21. The lowest BCUT2D eigenvalue weighted by Gasteiger charge is -2.07. The lowest BCUT2D eigenvalue weighted by atomic mass is 10.2. The van der Waals surface area contributed by atoms with Crippen molar-refractivity contribution in [3.05, 3.63) is 96.5 Å². The Morgan fingerprint density at radius 2 is 1.72 bits per heavy atom. The number of benzene rings is 3. The first-order chi connectivity index (χ1) is 17.1. The van der Waals surface area contributed by atoms with E-state index in [-0.39, 0.29) is 16.5 Å². The number of nitrogens with zero attached hydrogens (tertiary/aromatic N) is 3. The van der Waals surface area contributed by atoms with Gasteiger partial charge in [0, 0.05) is 11.8 Å². The second-order valence-electron chi connectivity index (χ2n) is 6.99. The van der Waals surface area contributed by atoms with Crippen molar-refractivity contribution >= 4 is 58.3 Å². The molecule has 184 valence electrons. The topological polar surface area (TPSA) is 166 Å². The zero-order chi connectivity index (χ0) is 26.2. The van der Waals surface area contributed by atoms with Gasteiger partial charge in [0.05, 0.1) is 32.2 Å². The molecule has 0 atom stereocenters. The van der Waals surface area contributed by atoms with Crippen molar-refractivity contribution in [3.8, 4) is 11.5 Å². The maximum absolute atomic E-state index is 12.0. The van der Waals surface area contributed by atoms with Crippen LogP contribution in [-0.2, 0) is 9.59 Å². The zero-order valence-electron chi connectivity index (χ0n) is 18.0. The summed E-state index contributed by atoms with van der Waals surface area (Å²) in [6, 6.07) is 13.6. The minimum Gasteiger partial charge on any atom is -0.450 e. The van der Waals surface area contributed by atoms with Crippen molar-refractivity contribution in [2.24, 2.45) is 5.10 Å². The molecule has 0 heterocycles. The van der Waals surface area contributed by atoms with E-state index in [1.807, 2.05) is 0 Å². The Hall–Kier alpha value is -4.55. The minimum atomic E-state index is -0.791. The molecular weight excluding hydrogens is 517 g/mol. The Kier molecular flexibility index (Phi) is 8.49. The number of nitro benzene ring substituents is 2. The number of carbonyl (C=O) groups is 2. The number of carbonyl (C=O) groups excluding carboxylic acids is 2. The van der Waals surface area contributed by atoms with E-state index in [0.29, 0.717) is 16.3 Å². The SMILES string of the molecule is O=C(CC(=O)Nc1ccc(Cl)c(Cl)c1)NN=Cc1cccc(Oc2ccc([N+](=O)[O-])cc2[N+](=O)[O-])c1. The average molecular weight is 532 g/mol. The summed E-state index contributed by atoms with van der Waals surface area (Å²) >= 11 is 11.7. The Morgan fingerprint density at radius 1 is 0.944 bits per heavy atom. The van der Waals surface area contributed by atoms with Crippen LogP contribution in [0.3, 0.4) is 0 Å². The number of nitro groups is 2. The number of anilines is 1. The van der Waals surface area contributed by atoms with E-state index >= 15 is 0 Å². The van der Waals surface area contributed by atoms with Crippen LogP contribution < -0.4 is 15.5 Å². The molecule has 0 radical (unpaired) electrons. The van der Waals surface area contributed by atoms with Crippen molar-refractivity contribution in [2.45, 2.75) is 6.42 Å². The Balaban J connectivity index is 1.59. The van der Waals surface area contributed by atoms with Gasteiger partial charge in [0.2, 0.25) is 17.6 Å². The highest BCUT2D eigenvalue weighted by Crippen LogP contribution is 2.34. The Labute approximate surface area is 212 Å². The van der Waals surface area contributed by atoms with Crippen LogP contribution in [0.15, 0.2) is 65.8 Å². The van der Waals surface area contributed by atoms with Crippen LogP contribution in [0, 0.1) is 20.2 Å². The molecule has 3 rings (SSSR count). The van der Waals surface area contributed by atoms with Crippen molar-refractivity contribution in [2.75, 3.05) is 5.32 Å². The first-order valence-corrected chi connectivity index (χ1v) is 10.7. The van der Waals surface area contributed by atoms with Crippen LogP contribution in [0.25, 0.3) is 0 Å². The normalized spacial score (nSPS) is 10.6. The van der Waals surface area contributed by atoms with E-state index in [0.717, 1.165) is 18.2 Å². The minimum absolute atomic E-state index is 0.184. The third-order valence-electron chi connectivity index (χ3n) is 4.36. The fourth-order valence-electron chi connectivity index (χ4n) is 2.78. The highest BCUT2D eigenvalue weighted by molar-refractivity contribution is 6.42. The van der Waals surface area contributed by atoms with Gasteiger partial charge in [-0.25, -0.2) is 5.43 Å². The highest BCUT2D eigenvalue weighted by atomic mass is 35.5. The summed E-state index contributed by atoms with van der Waals surface area (Å²) in [5.41, 5.74) is 2.01. The predicted molar refractivity (Wildman–Crippen MR) is 132 cm³/mol. The number of hydrogen-bond donors (Lipinski definition) is 2. The second-order valence-corrected chi connectivity index (χ2v) is 7.80. The fraction of sp³-hybridized carbons (Fsp3) is 0.0455. The largest absolute Gasteiger partial charge is 0.450 e. The number of hydrazone groups is 1. The number of amides is 2. The number of rotatable bonds is 9. The number of non-ortho nitro benzene ring substituents is 1. The maximum Gasteiger partial charge on any atom is 0.318 e. The molecule has 0 saturated heterocycles. The summed E-state index contributed by atoms with van der Waals surface area (Å²) in [5, 5.41) is 29.0. The van der Waals surface area contributed by atoms with E-state index in [1.165, 1.54) is 36.5 Å². The quantitative estimate of drug-likeness (QED) is 0.168. The van der Waals surface area contributed by atoms with Gasteiger partial charge in [-0.1, -0.05) is 35.3 Å². The van der Waals surface area contributed by atoms with E-state index in [1.54, 1.807) is 12.1 Å². The molecule has 12 nitrogen and oxygen atoms in total. The zero-order valence-corrected chi connectivity index (χ0v) is 19.5. The molecule has 0 bridgehead atoms. The molecule has 0 aliphatic rings. The van der Waals surface area contributed by atoms with Gasteiger partial charge in [-0.15, -0.1) is 0 Å². The molecule has 3 aromatic carbocycles. The monoisotopic (exact) mass is 531 g/mol.